The topological polar surface area (TPSA) is 49.6 Å². The Morgan fingerprint density at radius 3 is 2.86 bits per heavy atom. The highest BCUT2D eigenvalue weighted by Gasteiger charge is 2.35. The predicted molar refractivity (Wildman–Crippen MR) is 76.0 cm³/mol. The van der Waals surface area contributed by atoms with E-state index in [9.17, 15) is 13.6 Å². The van der Waals surface area contributed by atoms with Gasteiger partial charge in [0.25, 0.3) is 12.3 Å². The molecular weight excluding hydrogens is 292 g/mol. The van der Waals surface area contributed by atoms with Crippen molar-refractivity contribution in [3.8, 4) is 0 Å². The van der Waals surface area contributed by atoms with Crippen LogP contribution in [0.4, 0.5) is 8.78 Å². The molecule has 5 nitrogen and oxygen atoms in total. The Bertz CT molecular complexity index is 531. The molecule has 0 bridgehead atoms. The van der Waals surface area contributed by atoms with Crippen molar-refractivity contribution in [2.24, 2.45) is 0 Å². The van der Waals surface area contributed by atoms with E-state index >= 15 is 0 Å². The maximum Gasteiger partial charge on any atom is 0.259 e. The molecule has 1 aliphatic carbocycles. The van der Waals surface area contributed by atoms with Gasteiger partial charge < -0.3 is 9.42 Å². The molecule has 0 N–H and O–H groups in total. The molecule has 1 aliphatic heterocycles. The maximum atomic E-state index is 12.7. The number of aromatic nitrogens is 1. The molecule has 2 fully saturated rings. The summed E-state index contributed by atoms with van der Waals surface area (Å²) in [6.07, 6.45) is 1.92. The van der Waals surface area contributed by atoms with Gasteiger partial charge in [0.2, 0.25) is 0 Å². The molecule has 0 aromatic carbocycles. The average molecular weight is 313 g/mol. The van der Waals surface area contributed by atoms with Crippen LogP contribution in [0.2, 0.25) is 0 Å². The molecule has 1 saturated heterocycles. The molecule has 7 heteroatoms. The first-order valence-electron chi connectivity index (χ1n) is 7.85. The number of alkyl halides is 2. The van der Waals surface area contributed by atoms with Crippen LogP contribution in [0.1, 0.15) is 48.2 Å². The number of hydrogen-bond donors (Lipinski definition) is 0. The van der Waals surface area contributed by atoms with Crippen LogP contribution >= 0.6 is 0 Å². The SMILES string of the molecule is CCC1CN(C(=O)c2conc2C2CC2)CCN1CC(F)F. The second kappa shape index (κ2) is 6.32. The molecule has 0 spiro atoms. The zero-order chi connectivity index (χ0) is 15.7. The molecule has 1 unspecified atom stereocenters. The Morgan fingerprint density at radius 2 is 2.23 bits per heavy atom. The number of carbonyl (C=O) groups is 1. The van der Waals surface area contributed by atoms with Gasteiger partial charge in [-0.1, -0.05) is 12.1 Å². The molecule has 0 radical (unpaired) electrons. The Hall–Kier alpha value is -1.50. The Labute approximate surface area is 128 Å². The molecule has 2 aliphatic rings. The lowest BCUT2D eigenvalue weighted by Gasteiger charge is -2.41. The molecule has 1 aromatic heterocycles. The van der Waals surface area contributed by atoms with Crippen molar-refractivity contribution < 1.29 is 18.1 Å². The van der Waals surface area contributed by atoms with Crippen LogP contribution in [0, 0.1) is 0 Å². The fourth-order valence-electron chi connectivity index (χ4n) is 3.11. The van der Waals surface area contributed by atoms with E-state index in [0.29, 0.717) is 31.1 Å². The third-order valence-electron chi connectivity index (χ3n) is 4.53. The number of halogens is 2. The molecule has 1 atom stereocenters. The molecule has 22 heavy (non-hydrogen) atoms. The molecule has 1 amide bonds. The quantitative estimate of drug-likeness (QED) is 0.837. The van der Waals surface area contributed by atoms with Crippen LogP contribution in [0.25, 0.3) is 0 Å². The number of amides is 1. The van der Waals surface area contributed by atoms with Gasteiger partial charge in [0.05, 0.1) is 12.2 Å². The van der Waals surface area contributed by atoms with Crippen LogP contribution in [-0.4, -0.2) is 59.5 Å². The van der Waals surface area contributed by atoms with Crippen molar-refractivity contribution in [2.45, 2.75) is 44.6 Å². The van der Waals surface area contributed by atoms with E-state index in [-0.39, 0.29) is 18.5 Å². The lowest BCUT2D eigenvalue weighted by atomic mass is 10.1. The van der Waals surface area contributed by atoms with E-state index in [1.54, 1.807) is 9.80 Å². The number of piperazine rings is 1. The monoisotopic (exact) mass is 313 g/mol. The minimum Gasteiger partial charge on any atom is -0.364 e. The van der Waals surface area contributed by atoms with Gasteiger partial charge in [0.1, 0.15) is 11.8 Å². The number of carbonyl (C=O) groups excluding carboxylic acids is 1. The lowest BCUT2D eigenvalue weighted by Crippen LogP contribution is -2.55. The van der Waals surface area contributed by atoms with Crippen LogP contribution in [-0.2, 0) is 0 Å². The van der Waals surface area contributed by atoms with Crippen LogP contribution in [0.3, 0.4) is 0 Å². The second-order valence-electron chi connectivity index (χ2n) is 6.09. The summed E-state index contributed by atoms with van der Waals surface area (Å²) in [5.74, 6) is 0.262. The van der Waals surface area contributed by atoms with Crippen molar-refractivity contribution in [1.29, 1.82) is 0 Å². The Morgan fingerprint density at radius 1 is 1.45 bits per heavy atom. The summed E-state index contributed by atoms with van der Waals surface area (Å²) in [6, 6.07) is -0.0177. The van der Waals surface area contributed by atoms with E-state index in [1.807, 2.05) is 6.92 Å². The minimum atomic E-state index is -2.34. The van der Waals surface area contributed by atoms with Crippen LogP contribution < -0.4 is 0 Å². The summed E-state index contributed by atoms with van der Waals surface area (Å²) in [5.41, 5.74) is 1.30. The largest absolute Gasteiger partial charge is 0.364 e. The molecule has 2 heterocycles. The first kappa shape index (κ1) is 15.4. The van der Waals surface area contributed by atoms with Gasteiger partial charge in [-0.15, -0.1) is 0 Å². The van der Waals surface area contributed by atoms with Gasteiger partial charge in [-0.2, -0.15) is 0 Å². The van der Waals surface area contributed by atoms with Gasteiger partial charge in [0, 0.05) is 31.6 Å². The second-order valence-corrected chi connectivity index (χ2v) is 6.09. The highest BCUT2D eigenvalue weighted by atomic mass is 19.3. The summed E-state index contributed by atoms with van der Waals surface area (Å²) in [5, 5.41) is 3.96. The Kier molecular flexibility index (Phi) is 4.42. The smallest absolute Gasteiger partial charge is 0.259 e. The number of rotatable bonds is 5. The standard InChI is InChI=1S/C15H21F2N3O2/c1-2-11-7-20(6-5-19(11)8-13(16)17)15(21)12-9-22-18-14(12)10-3-4-10/h9-11,13H,2-8H2,1H3. The average Bonchev–Trinajstić information content (AvgIpc) is 3.23. The van der Waals surface area contributed by atoms with Gasteiger partial charge in [0.15, 0.2) is 0 Å². The first-order valence-corrected chi connectivity index (χ1v) is 7.85. The zero-order valence-electron chi connectivity index (χ0n) is 12.7. The third-order valence-corrected chi connectivity index (χ3v) is 4.53. The molecule has 122 valence electrons. The van der Waals surface area contributed by atoms with E-state index < -0.39 is 6.43 Å². The van der Waals surface area contributed by atoms with Crippen molar-refractivity contribution in [3.63, 3.8) is 0 Å². The van der Waals surface area contributed by atoms with Crippen LogP contribution in [0.5, 0.6) is 0 Å². The summed E-state index contributed by atoms with van der Waals surface area (Å²) in [7, 11) is 0. The normalized spacial score (nSPS) is 23.3. The number of nitrogens with zero attached hydrogens (tertiary/aromatic N) is 3. The zero-order valence-corrected chi connectivity index (χ0v) is 12.7. The van der Waals surface area contributed by atoms with E-state index in [1.165, 1.54) is 6.26 Å². The summed E-state index contributed by atoms with van der Waals surface area (Å²) in [4.78, 5) is 16.2. The molecule has 3 rings (SSSR count). The highest BCUT2D eigenvalue weighted by Crippen LogP contribution is 2.41. The molecule has 1 saturated carbocycles. The van der Waals surface area contributed by atoms with Gasteiger partial charge in [-0.05, 0) is 19.3 Å². The summed E-state index contributed by atoms with van der Waals surface area (Å²) < 4.78 is 30.2. The van der Waals surface area contributed by atoms with Crippen molar-refractivity contribution in [2.75, 3.05) is 26.2 Å². The van der Waals surface area contributed by atoms with Gasteiger partial charge in [-0.3, -0.25) is 9.69 Å². The van der Waals surface area contributed by atoms with Gasteiger partial charge >= 0.3 is 0 Å². The lowest BCUT2D eigenvalue weighted by molar-refractivity contribution is 0.0186. The summed E-state index contributed by atoms with van der Waals surface area (Å²) in [6.45, 7) is 3.18. The fourth-order valence-corrected chi connectivity index (χ4v) is 3.11. The first-order chi connectivity index (χ1) is 10.6. The summed E-state index contributed by atoms with van der Waals surface area (Å²) >= 11 is 0. The van der Waals surface area contributed by atoms with Crippen LogP contribution in [0.15, 0.2) is 10.8 Å². The number of hydrogen-bond acceptors (Lipinski definition) is 4. The van der Waals surface area contributed by atoms with Gasteiger partial charge in [-0.25, -0.2) is 8.78 Å². The fraction of sp³-hybridized carbons (Fsp3) is 0.733. The minimum absolute atomic E-state index is 0.0177. The van der Waals surface area contributed by atoms with E-state index in [4.69, 9.17) is 4.52 Å². The van der Waals surface area contributed by atoms with Crippen molar-refractivity contribution in [3.05, 3.63) is 17.5 Å². The highest BCUT2D eigenvalue weighted by molar-refractivity contribution is 5.95. The molecular formula is C15H21F2N3O2. The van der Waals surface area contributed by atoms with Crippen molar-refractivity contribution >= 4 is 5.91 Å². The Balaban J connectivity index is 1.68. The van der Waals surface area contributed by atoms with Crippen molar-refractivity contribution in [1.82, 2.24) is 15.0 Å². The predicted octanol–water partition coefficient (Wildman–Crippen LogP) is 2.35. The molecule has 1 aromatic rings. The third kappa shape index (κ3) is 3.14. The maximum absolute atomic E-state index is 12.7. The van der Waals surface area contributed by atoms with E-state index in [0.717, 1.165) is 25.0 Å². The van der Waals surface area contributed by atoms with E-state index in [2.05, 4.69) is 5.16 Å².